The van der Waals surface area contributed by atoms with Crippen LogP contribution in [0.15, 0.2) is 42.5 Å². The molecule has 0 aliphatic heterocycles. The van der Waals surface area contributed by atoms with E-state index in [2.05, 4.69) is 19.2 Å². The molecule has 6 nitrogen and oxygen atoms in total. The zero-order valence-electron chi connectivity index (χ0n) is 23.5. The summed E-state index contributed by atoms with van der Waals surface area (Å²) in [6, 6.07) is 11.6. The lowest BCUT2D eigenvalue weighted by molar-refractivity contribution is 0.0450. The number of nitrogens with one attached hydrogen (secondary N) is 1. The predicted octanol–water partition coefficient (Wildman–Crippen LogP) is 7.99. The van der Waals surface area contributed by atoms with Crippen LogP contribution >= 0.6 is 0 Å². The van der Waals surface area contributed by atoms with Crippen molar-refractivity contribution >= 4 is 23.4 Å². The third kappa shape index (κ3) is 10.7. The van der Waals surface area contributed by atoms with Gasteiger partial charge in [0.2, 0.25) is 0 Å². The molecule has 0 saturated carbocycles. The molecule has 0 saturated heterocycles. The number of esters is 2. The molecule has 0 aromatic heterocycles. The van der Waals surface area contributed by atoms with E-state index in [1.807, 2.05) is 19.2 Å². The summed E-state index contributed by atoms with van der Waals surface area (Å²) in [4.78, 5) is 39.0. The number of rotatable bonds is 19. The molecule has 0 heterocycles. The normalized spacial score (nSPS) is 10.7. The number of benzene rings is 2. The Morgan fingerprint density at radius 3 is 1.61 bits per heavy atom. The highest BCUT2D eigenvalue weighted by Gasteiger charge is 2.22. The Morgan fingerprint density at radius 1 is 0.605 bits per heavy atom. The number of hydrogen-bond acceptors (Lipinski definition) is 6. The van der Waals surface area contributed by atoms with Crippen LogP contribution in [0.3, 0.4) is 0 Å². The molecular weight excluding hydrogens is 478 g/mol. The number of unbranched alkanes of at least 4 members (excludes halogenated alkanes) is 10. The van der Waals surface area contributed by atoms with Gasteiger partial charge in [-0.05, 0) is 49.2 Å². The molecular formula is C32H45NO5. The quantitative estimate of drug-likeness (QED) is 0.114. The van der Waals surface area contributed by atoms with E-state index in [9.17, 15) is 14.4 Å². The molecule has 6 heteroatoms. The summed E-state index contributed by atoms with van der Waals surface area (Å²) in [5, 5.41) is 3.02. The molecule has 0 unspecified atom stereocenters. The van der Waals surface area contributed by atoms with Crippen LogP contribution in [0.1, 0.15) is 128 Å². The average molecular weight is 524 g/mol. The van der Waals surface area contributed by atoms with Gasteiger partial charge in [0, 0.05) is 23.9 Å². The maximum absolute atomic E-state index is 13.1. The second-order valence-corrected chi connectivity index (χ2v) is 9.72. The van der Waals surface area contributed by atoms with E-state index >= 15 is 0 Å². The SMILES string of the molecule is CCCCCCCCOC(=O)c1ccc(C(=O)c2ccc(NC)cc2)cc1C(=O)OCCCCCCCC. The Labute approximate surface area is 228 Å². The highest BCUT2D eigenvalue weighted by molar-refractivity contribution is 6.12. The van der Waals surface area contributed by atoms with E-state index in [-0.39, 0.29) is 23.5 Å². The monoisotopic (exact) mass is 523 g/mol. The van der Waals surface area contributed by atoms with Crippen LogP contribution in [-0.2, 0) is 9.47 Å². The van der Waals surface area contributed by atoms with Gasteiger partial charge in [-0.15, -0.1) is 0 Å². The summed E-state index contributed by atoms with van der Waals surface area (Å²) in [7, 11) is 1.81. The number of ether oxygens (including phenoxy) is 2. The van der Waals surface area contributed by atoms with E-state index in [0.29, 0.717) is 17.7 Å². The standard InChI is InChI=1S/C32H45NO5/c1-4-6-8-10-12-14-22-37-31(35)28-21-18-26(30(34)25-16-19-27(33-3)20-17-25)24-29(28)32(36)38-23-15-13-11-9-7-5-2/h16-21,24,33H,4-15,22-23H2,1-3H3. The van der Waals surface area contributed by atoms with E-state index in [1.54, 1.807) is 18.2 Å². The Hall–Kier alpha value is -3.15. The summed E-state index contributed by atoms with van der Waals surface area (Å²) < 4.78 is 11.0. The highest BCUT2D eigenvalue weighted by atomic mass is 16.5. The van der Waals surface area contributed by atoms with Crippen LogP contribution in [0.5, 0.6) is 0 Å². The van der Waals surface area contributed by atoms with Crippen molar-refractivity contribution in [3.63, 3.8) is 0 Å². The molecule has 208 valence electrons. The molecule has 0 aliphatic rings. The molecule has 0 radical (unpaired) electrons. The van der Waals surface area contributed by atoms with Gasteiger partial charge in [0.05, 0.1) is 24.3 Å². The minimum absolute atomic E-state index is 0.0709. The van der Waals surface area contributed by atoms with Crippen LogP contribution in [-0.4, -0.2) is 38.0 Å². The van der Waals surface area contributed by atoms with Crippen molar-refractivity contribution in [2.45, 2.75) is 90.9 Å². The first-order chi connectivity index (χ1) is 18.5. The number of ketones is 1. The maximum atomic E-state index is 13.1. The lowest BCUT2D eigenvalue weighted by Crippen LogP contribution is -2.16. The summed E-state index contributed by atoms with van der Waals surface area (Å²) in [5.41, 5.74) is 1.91. The molecule has 0 amide bonds. The van der Waals surface area contributed by atoms with Gasteiger partial charge in [-0.25, -0.2) is 9.59 Å². The minimum atomic E-state index is -0.606. The van der Waals surface area contributed by atoms with Crippen molar-refractivity contribution in [3.05, 3.63) is 64.7 Å². The summed E-state index contributed by atoms with van der Waals surface area (Å²) in [6.07, 6.45) is 12.9. The molecule has 2 aromatic rings. The molecule has 0 fully saturated rings. The number of hydrogen-bond donors (Lipinski definition) is 1. The fourth-order valence-electron chi connectivity index (χ4n) is 4.24. The first kappa shape index (κ1) is 31.1. The van der Waals surface area contributed by atoms with E-state index < -0.39 is 11.9 Å². The highest BCUT2D eigenvalue weighted by Crippen LogP contribution is 2.20. The van der Waals surface area contributed by atoms with Crippen LogP contribution in [0, 0.1) is 0 Å². The fraction of sp³-hybridized carbons (Fsp3) is 0.531. The molecule has 1 N–H and O–H groups in total. The third-order valence-corrected chi connectivity index (χ3v) is 6.62. The molecule has 0 spiro atoms. The smallest absolute Gasteiger partial charge is 0.339 e. The largest absolute Gasteiger partial charge is 0.462 e. The fourth-order valence-corrected chi connectivity index (χ4v) is 4.24. The predicted molar refractivity (Wildman–Crippen MR) is 153 cm³/mol. The Morgan fingerprint density at radius 2 is 1.08 bits per heavy atom. The molecule has 0 bridgehead atoms. The van der Waals surface area contributed by atoms with Crippen LogP contribution in [0.4, 0.5) is 5.69 Å². The second-order valence-electron chi connectivity index (χ2n) is 9.72. The molecule has 2 rings (SSSR count). The molecule has 0 atom stereocenters. The zero-order chi connectivity index (χ0) is 27.6. The molecule has 2 aromatic carbocycles. The van der Waals surface area contributed by atoms with Gasteiger partial charge in [-0.3, -0.25) is 4.79 Å². The van der Waals surface area contributed by atoms with Crippen molar-refractivity contribution in [1.29, 1.82) is 0 Å². The van der Waals surface area contributed by atoms with Gasteiger partial charge >= 0.3 is 11.9 Å². The van der Waals surface area contributed by atoms with Crippen LogP contribution < -0.4 is 5.32 Å². The first-order valence-electron chi connectivity index (χ1n) is 14.3. The maximum Gasteiger partial charge on any atom is 0.339 e. The van der Waals surface area contributed by atoms with Gasteiger partial charge in [0.25, 0.3) is 0 Å². The van der Waals surface area contributed by atoms with Gasteiger partial charge in [0.15, 0.2) is 5.78 Å². The van der Waals surface area contributed by atoms with Gasteiger partial charge in [-0.2, -0.15) is 0 Å². The first-order valence-corrected chi connectivity index (χ1v) is 14.3. The third-order valence-electron chi connectivity index (χ3n) is 6.62. The lowest BCUT2D eigenvalue weighted by Gasteiger charge is -2.12. The van der Waals surface area contributed by atoms with Gasteiger partial charge in [0.1, 0.15) is 0 Å². The Bertz CT molecular complexity index is 999. The topological polar surface area (TPSA) is 81.7 Å². The van der Waals surface area contributed by atoms with Crippen LogP contribution in [0.25, 0.3) is 0 Å². The van der Waals surface area contributed by atoms with Gasteiger partial charge < -0.3 is 14.8 Å². The Kier molecular flexibility index (Phi) is 14.8. The summed E-state index contributed by atoms with van der Waals surface area (Å²) in [6.45, 7) is 4.93. The summed E-state index contributed by atoms with van der Waals surface area (Å²) >= 11 is 0. The number of anilines is 1. The number of carbonyl (C=O) groups is 3. The van der Waals surface area contributed by atoms with E-state index in [0.717, 1.165) is 44.2 Å². The van der Waals surface area contributed by atoms with Crippen molar-refractivity contribution in [2.24, 2.45) is 0 Å². The van der Waals surface area contributed by atoms with Crippen molar-refractivity contribution in [3.8, 4) is 0 Å². The lowest BCUT2D eigenvalue weighted by atomic mass is 9.98. The van der Waals surface area contributed by atoms with Gasteiger partial charge in [-0.1, -0.05) is 84.1 Å². The van der Waals surface area contributed by atoms with Crippen molar-refractivity contribution in [1.82, 2.24) is 0 Å². The molecule has 0 aliphatic carbocycles. The minimum Gasteiger partial charge on any atom is -0.462 e. The summed E-state index contributed by atoms with van der Waals surface area (Å²) in [5.74, 6) is -1.41. The second kappa shape index (κ2) is 18.2. The van der Waals surface area contributed by atoms with Crippen molar-refractivity contribution < 1.29 is 23.9 Å². The number of carbonyl (C=O) groups excluding carboxylic acids is 3. The van der Waals surface area contributed by atoms with E-state index in [1.165, 1.54) is 50.7 Å². The zero-order valence-corrected chi connectivity index (χ0v) is 23.5. The van der Waals surface area contributed by atoms with Crippen LogP contribution in [0.2, 0.25) is 0 Å². The van der Waals surface area contributed by atoms with E-state index in [4.69, 9.17) is 9.47 Å². The van der Waals surface area contributed by atoms with Crippen molar-refractivity contribution in [2.75, 3.05) is 25.6 Å². The Balaban J connectivity index is 2.10. The molecule has 38 heavy (non-hydrogen) atoms. The average Bonchev–Trinajstić information content (AvgIpc) is 2.95.